The number of ether oxygens (including phenoxy) is 1. The molecule has 2 N–H and O–H groups in total. The fourth-order valence-corrected chi connectivity index (χ4v) is 2.22. The SMILES string of the molecule is COC(=O)c1ccc(/C=N\n2c(-c3cc(C)[nH]n3)n[nH]c2=S)cc1. The van der Waals surface area contributed by atoms with Crippen LogP contribution in [0.4, 0.5) is 0 Å². The van der Waals surface area contributed by atoms with E-state index in [1.54, 1.807) is 30.5 Å². The molecule has 0 amide bonds. The number of esters is 1. The molecule has 0 bridgehead atoms. The molecule has 1 aromatic carbocycles. The van der Waals surface area contributed by atoms with Crippen LogP contribution in [0.25, 0.3) is 11.5 Å². The number of aryl methyl sites for hydroxylation is 1. The van der Waals surface area contributed by atoms with E-state index in [4.69, 9.17) is 12.2 Å². The van der Waals surface area contributed by atoms with Gasteiger partial charge in [0.1, 0.15) is 5.69 Å². The molecule has 0 aliphatic rings. The largest absolute Gasteiger partial charge is 0.465 e. The number of carbonyl (C=O) groups excluding carboxylic acids is 1. The van der Waals surface area contributed by atoms with E-state index in [9.17, 15) is 4.79 Å². The van der Waals surface area contributed by atoms with Crippen molar-refractivity contribution >= 4 is 24.4 Å². The highest BCUT2D eigenvalue weighted by molar-refractivity contribution is 7.71. The van der Waals surface area contributed by atoms with Gasteiger partial charge in [-0.3, -0.25) is 5.10 Å². The molecular formula is C15H14N6O2S. The van der Waals surface area contributed by atoms with Gasteiger partial charge in [-0.2, -0.15) is 20.0 Å². The predicted octanol–water partition coefficient (Wildman–Crippen LogP) is 2.31. The van der Waals surface area contributed by atoms with Crippen LogP contribution in [0.15, 0.2) is 35.4 Å². The monoisotopic (exact) mass is 342 g/mol. The number of nitrogens with one attached hydrogen (secondary N) is 2. The molecule has 0 saturated carbocycles. The van der Waals surface area contributed by atoms with Crippen LogP contribution in [0.1, 0.15) is 21.6 Å². The van der Waals surface area contributed by atoms with E-state index in [0.29, 0.717) is 21.9 Å². The maximum Gasteiger partial charge on any atom is 0.337 e. The number of aromatic amines is 2. The van der Waals surface area contributed by atoms with Crippen molar-refractivity contribution in [3.8, 4) is 11.5 Å². The smallest absolute Gasteiger partial charge is 0.337 e. The second kappa shape index (κ2) is 6.59. The second-order valence-corrected chi connectivity index (χ2v) is 5.35. The van der Waals surface area contributed by atoms with Gasteiger partial charge in [-0.1, -0.05) is 12.1 Å². The number of aromatic nitrogens is 5. The minimum atomic E-state index is -0.383. The van der Waals surface area contributed by atoms with Gasteiger partial charge in [-0.05, 0) is 42.9 Å². The van der Waals surface area contributed by atoms with Crippen LogP contribution >= 0.6 is 12.2 Å². The van der Waals surface area contributed by atoms with E-state index in [-0.39, 0.29) is 5.97 Å². The Bertz CT molecular complexity index is 951. The molecule has 3 aromatic rings. The van der Waals surface area contributed by atoms with Gasteiger partial charge < -0.3 is 4.74 Å². The number of rotatable bonds is 4. The van der Waals surface area contributed by atoms with E-state index in [2.05, 4.69) is 30.2 Å². The Morgan fingerprint density at radius 1 is 1.29 bits per heavy atom. The minimum Gasteiger partial charge on any atom is -0.465 e. The molecular weight excluding hydrogens is 328 g/mol. The van der Waals surface area contributed by atoms with Gasteiger partial charge >= 0.3 is 5.97 Å². The molecule has 0 aliphatic carbocycles. The van der Waals surface area contributed by atoms with Crippen LogP contribution < -0.4 is 0 Å². The normalized spacial score (nSPS) is 11.1. The highest BCUT2D eigenvalue weighted by atomic mass is 32.1. The number of benzene rings is 1. The molecule has 0 unspecified atom stereocenters. The molecule has 0 radical (unpaired) electrons. The molecule has 2 heterocycles. The molecule has 24 heavy (non-hydrogen) atoms. The lowest BCUT2D eigenvalue weighted by molar-refractivity contribution is 0.0600. The van der Waals surface area contributed by atoms with Crippen LogP contribution in [0.2, 0.25) is 0 Å². The van der Waals surface area contributed by atoms with Gasteiger partial charge in [-0.25, -0.2) is 9.89 Å². The van der Waals surface area contributed by atoms with Crippen LogP contribution in [-0.2, 0) is 4.74 Å². The van der Waals surface area contributed by atoms with Crippen molar-refractivity contribution in [2.24, 2.45) is 5.10 Å². The Kier molecular flexibility index (Phi) is 4.34. The zero-order chi connectivity index (χ0) is 17.1. The summed E-state index contributed by atoms with van der Waals surface area (Å²) < 4.78 is 6.50. The van der Waals surface area contributed by atoms with Gasteiger partial charge in [0.05, 0.1) is 18.9 Å². The molecule has 0 fully saturated rings. The van der Waals surface area contributed by atoms with E-state index < -0.39 is 0 Å². The van der Waals surface area contributed by atoms with E-state index in [1.165, 1.54) is 11.8 Å². The third-order valence-corrected chi connectivity index (χ3v) is 3.50. The number of carbonyl (C=O) groups is 1. The Hall–Kier alpha value is -3.07. The summed E-state index contributed by atoms with van der Waals surface area (Å²) in [6.07, 6.45) is 1.62. The number of hydrogen-bond donors (Lipinski definition) is 2. The number of methoxy groups -OCH3 is 1. The fraction of sp³-hybridized carbons (Fsp3) is 0.133. The molecule has 2 aromatic heterocycles. The third-order valence-electron chi connectivity index (χ3n) is 3.24. The van der Waals surface area contributed by atoms with Gasteiger partial charge in [0.2, 0.25) is 10.6 Å². The topological polar surface area (TPSA) is 101 Å². The lowest BCUT2D eigenvalue weighted by Gasteiger charge is -2.00. The Labute approximate surface area is 142 Å². The first-order valence-electron chi connectivity index (χ1n) is 7.01. The number of nitrogens with zero attached hydrogens (tertiary/aromatic N) is 4. The molecule has 0 aliphatic heterocycles. The number of H-pyrrole nitrogens is 2. The third kappa shape index (κ3) is 3.15. The van der Waals surface area contributed by atoms with Crippen molar-refractivity contribution < 1.29 is 9.53 Å². The van der Waals surface area contributed by atoms with Crippen molar-refractivity contribution in [2.45, 2.75) is 6.92 Å². The predicted molar refractivity (Wildman–Crippen MR) is 90.5 cm³/mol. The van der Waals surface area contributed by atoms with Crippen molar-refractivity contribution in [1.29, 1.82) is 0 Å². The first-order valence-corrected chi connectivity index (χ1v) is 7.42. The van der Waals surface area contributed by atoms with E-state index in [1.807, 2.05) is 13.0 Å². The molecule has 8 nitrogen and oxygen atoms in total. The molecule has 122 valence electrons. The van der Waals surface area contributed by atoms with Crippen molar-refractivity contribution in [3.05, 3.63) is 51.9 Å². The summed E-state index contributed by atoms with van der Waals surface area (Å²) >= 11 is 5.20. The summed E-state index contributed by atoms with van der Waals surface area (Å²) in [7, 11) is 1.34. The minimum absolute atomic E-state index is 0.355. The zero-order valence-corrected chi connectivity index (χ0v) is 13.8. The maximum absolute atomic E-state index is 11.4. The van der Waals surface area contributed by atoms with Gasteiger partial charge in [0.15, 0.2) is 0 Å². The highest BCUT2D eigenvalue weighted by Crippen LogP contribution is 2.15. The Morgan fingerprint density at radius 2 is 2.04 bits per heavy atom. The van der Waals surface area contributed by atoms with Crippen LogP contribution in [0.5, 0.6) is 0 Å². The Morgan fingerprint density at radius 3 is 2.67 bits per heavy atom. The Balaban J connectivity index is 1.89. The van der Waals surface area contributed by atoms with Gasteiger partial charge in [0, 0.05) is 5.69 Å². The van der Waals surface area contributed by atoms with Gasteiger partial charge in [-0.15, -0.1) is 0 Å². The maximum atomic E-state index is 11.4. The molecule has 0 saturated heterocycles. The van der Waals surface area contributed by atoms with E-state index >= 15 is 0 Å². The molecule has 3 rings (SSSR count). The number of hydrogen-bond acceptors (Lipinski definition) is 6. The van der Waals surface area contributed by atoms with Crippen LogP contribution in [0, 0.1) is 11.7 Å². The van der Waals surface area contributed by atoms with Crippen LogP contribution in [-0.4, -0.2) is 44.4 Å². The zero-order valence-electron chi connectivity index (χ0n) is 13.0. The highest BCUT2D eigenvalue weighted by Gasteiger charge is 2.11. The summed E-state index contributed by atoms with van der Waals surface area (Å²) in [4.78, 5) is 11.4. The molecule has 0 spiro atoms. The summed E-state index contributed by atoms with van der Waals surface area (Å²) in [5, 5.41) is 18.2. The lowest BCUT2D eigenvalue weighted by Crippen LogP contribution is -2.01. The fourth-order valence-electron chi connectivity index (χ4n) is 2.04. The van der Waals surface area contributed by atoms with Crippen LogP contribution in [0.3, 0.4) is 0 Å². The molecule has 0 atom stereocenters. The van der Waals surface area contributed by atoms with Crippen molar-refractivity contribution in [2.75, 3.05) is 7.11 Å². The average Bonchev–Trinajstić information content (AvgIpc) is 3.18. The standard InChI is InChI=1S/C15H14N6O2S/c1-9-7-12(18-17-9)13-19-20-15(24)21(13)16-8-10-3-5-11(6-4-10)14(22)23-2/h3-8H,1-2H3,(H,17,18)(H,20,24)/b16-8-. The van der Waals surface area contributed by atoms with Crippen molar-refractivity contribution in [3.63, 3.8) is 0 Å². The summed E-state index contributed by atoms with van der Waals surface area (Å²) in [5.41, 5.74) is 2.82. The summed E-state index contributed by atoms with van der Waals surface area (Å²) in [6.45, 7) is 1.90. The first kappa shape index (κ1) is 15.8. The average molecular weight is 342 g/mol. The second-order valence-electron chi connectivity index (χ2n) is 4.96. The summed E-state index contributed by atoms with van der Waals surface area (Å²) in [5.74, 6) is 0.124. The summed E-state index contributed by atoms with van der Waals surface area (Å²) in [6, 6.07) is 8.71. The van der Waals surface area contributed by atoms with Crippen molar-refractivity contribution in [1.82, 2.24) is 25.1 Å². The quantitative estimate of drug-likeness (QED) is 0.430. The van der Waals surface area contributed by atoms with Gasteiger partial charge in [0.25, 0.3) is 0 Å². The lowest BCUT2D eigenvalue weighted by atomic mass is 10.1. The molecule has 9 heteroatoms. The first-order chi connectivity index (χ1) is 11.6. The van der Waals surface area contributed by atoms with E-state index in [0.717, 1.165) is 11.3 Å².